The third-order valence-electron chi connectivity index (χ3n) is 3.77. The van der Waals surface area contributed by atoms with Crippen LogP contribution in [0.5, 0.6) is 0 Å². The molecule has 25 heavy (non-hydrogen) atoms. The molecule has 0 unspecified atom stereocenters. The van der Waals surface area contributed by atoms with E-state index in [9.17, 15) is 4.79 Å². The molecular formula is C19H20N4O2. The number of benzene rings is 1. The molecule has 1 N–H and O–H groups in total. The Hall–Kier alpha value is -3.15. The summed E-state index contributed by atoms with van der Waals surface area (Å²) in [4.78, 5) is 25.5. The number of hydrogen-bond acceptors (Lipinski definition) is 5. The van der Waals surface area contributed by atoms with Gasteiger partial charge < -0.3 is 14.6 Å². The third kappa shape index (κ3) is 3.68. The number of aromatic amines is 1. The lowest BCUT2D eigenvalue weighted by Crippen LogP contribution is -2.10. The molecule has 3 rings (SSSR count). The second kappa shape index (κ2) is 7.17. The largest absolute Gasteiger partial charge is 0.463 e. The fraction of sp³-hybridized carbons (Fsp3) is 0.211. The van der Waals surface area contributed by atoms with E-state index in [1.54, 1.807) is 25.4 Å². The number of aromatic nitrogens is 3. The van der Waals surface area contributed by atoms with Crippen molar-refractivity contribution in [2.24, 2.45) is 0 Å². The molecule has 0 spiro atoms. The number of anilines is 1. The van der Waals surface area contributed by atoms with Crippen LogP contribution >= 0.6 is 0 Å². The maximum absolute atomic E-state index is 11.6. The number of esters is 1. The summed E-state index contributed by atoms with van der Waals surface area (Å²) in [6, 6.07) is 8.04. The van der Waals surface area contributed by atoms with Crippen LogP contribution in [-0.2, 0) is 9.53 Å². The van der Waals surface area contributed by atoms with Crippen molar-refractivity contribution in [1.29, 1.82) is 0 Å². The lowest BCUT2D eigenvalue weighted by molar-refractivity contribution is -0.137. The fourth-order valence-electron chi connectivity index (χ4n) is 2.62. The molecule has 3 aromatic rings. The van der Waals surface area contributed by atoms with Gasteiger partial charge in [-0.05, 0) is 42.3 Å². The number of carbonyl (C=O) groups excluding carboxylic acids is 1. The summed E-state index contributed by atoms with van der Waals surface area (Å²) in [6.07, 6.45) is 6.55. The number of fused-ring (bicyclic) bond motifs is 1. The number of H-pyrrole nitrogens is 1. The number of rotatable bonds is 5. The van der Waals surface area contributed by atoms with Gasteiger partial charge in [-0.3, -0.25) is 4.98 Å². The van der Waals surface area contributed by atoms with Crippen molar-refractivity contribution in [2.45, 2.75) is 6.92 Å². The summed E-state index contributed by atoms with van der Waals surface area (Å²) in [7, 11) is 3.93. The number of nitrogens with zero attached hydrogens (tertiary/aromatic N) is 3. The maximum atomic E-state index is 11.6. The summed E-state index contributed by atoms with van der Waals surface area (Å²) in [5.41, 5.74) is 5.42. The van der Waals surface area contributed by atoms with Gasteiger partial charge in [0.2, 0.25) is 0 Å². The average molecular weight is 336 g/mol. The van der Waals surface area contributed by atoms with Crippen molar-refractivity contribution in [2.75, 3.05) is 25.6 Å². The molecule has 6 heteroatoms. The summed E-state index contributed by atoms with van der Waals surface area (Å²) in [5, 5.41) is 0. The Morgan fingerprint density at radius 3 is 2.76 bits per heavy atom. The number of ether oxygens (including phenoxy) is 1. The monoisotopic (exact) mass is 336 g/mol. The number of hydrogen-bond donors (Lipinski definition) is 1. The van der Waals surface area contributed by atoms with E-state index in [1.165, 1.54) is 6.08 Å². The summed E-state index contributed by atoms with van der Waals surface area (Å²) < 4.78 is 4.96. The second-order valence-corrected chi connectivity index (χ2v) is 5.73. The van der Waals surface area contributed by atoms with Crippen LogP contribution in [0.3, 0.4) is 0 Å². The van der Waals surface area contributed by atoms with Crippen LogP contribution in [0.4, 0.5) is 5.69 Å². The molecule has 0 amide bonds. The van der Waals surface area contributed by atoms with Gasteiger partial charge in [0.1, 0.15) is 5.52 Å². The Morgan fingerprint density at radius 2 is 2.04 bits per heavy atom. The van der Waals surface area contributed by atoms with Gasteiger partial charge in [-0.1, -0.05) is 6.07 Å². The molecule has 0 radical (unpaired) electrons. The van der Waals surface area contributed by atoms with Crippen LogP contribution in [0, 0.1) is 0 Å². The van der Waals surface area contributed by atoms with E-state index in [2.05, 4.69) is 15.0 Å². The molecule has 0 bridgehead atoms. The number of carbonyl (C=O) groups is 1. The van der Waals surface area contributed by atoms with Gasteiger partial charge in [-0.25, -0.2) is 9.78 Å². The highest BCUT2D eigenvalue weighted by atomic mass is 16.5. The van der Waals surface area contributed by atoms with E-state index < -0.39 is 0 Å². The van der Waals surface area contributed by atoms with E-state index in [1.807, 2.05) is 43.3 Å². The molecule has 128 valence electrons. The molecule has 6 nitrogen and oxygen atoms in total. The normalized spacial score (nSPS) is 11.2. The second-order valence-electron chi connectivity index (χ2n) is 5.73. The van der Waals surface area contributed by atoms with Gasteiger partial charge in [0.05, 0.1) is 6.61 Å². The minimum atomic E-state index is -0.350. The van der Waals surface area contributed by atoms with Crippen molar-refractivity contribution in [1.82, 2.24) is 15.0 Å². The van der Waals surface area contributed by atoms with Crippen molar-refractivity contribution in [3.05, 3.63) is 48.3 Å². The maximum Gasteiger partial charge on any atom is 0.330 e. The Morgan fingerprint density at radius 1 is 1.24 bits per heavy atom. The standard InChI is InChI=1S/C19H20N4O2/c1-4-25-18(24)8-6-14-11-13(5-7-17(14)23(2)3)15-12-16-19(22-15)21-10-9-20-16/h5-12H,4H2,1-3H3,(H,21,22). The van der Waals surface area contributed by atoms with Crippen LogP contribution in [0.2, 0.25) is 0 Å². The molecule has 2 aromatic heterocycles. The highest BCUT2D eigenvalue weighted by molar-refractivity contribution is 5.89. The molecule has 0 atom stereocenters. The van der Waals surface area contributed by atoms with E-state index in [-0.39, 0.29) is 5.97 Å². The quantitative estimate of drug-likeness (QED) is 0.572. The predicted molar refractivity (Wildman–Crippen MR) is 99.3 cm³/mol. The van der Waals surface area contributed by atoms with Crippen LogP contribution < -0.4 is 4.90 Å². The smallest absolute Gasteiger partial charge is 0.330 e. The number of nitrogens with one attached hydrogen (secondary N) is 1. The van der Waals surface area contributed by atoms with Gasteiger partial charge in [0.25, 0.3) is 0 Å². The van der Waals surface area contributed by atoms with E-state index in [0.29, 0.717) is 6.61 Å². The summed E-state index contributed by atoms with van der Waals surface area (Å²) >= 11 is 0. The van der Waals surface area contributed by atoms with Crippen molar-refractivity contribution < 1.29 is 9.53 Å². The fourth-order valence-corrected chi connectivity index (χ4v) is 2.62. The topological polar surface area (TPSA) is 71.1 Å². The molecular weight excluding hydrogens is 316 g/mol. The molecule has 0 aliphatic heterocycles. The zero-order valence-corrected chi connectivity index (χ0v) is 14.5. The van der Waals surface area contributed by atoms with Crippen molar-refractivity contribution in [3.8, 4) is 11.3 Å². The SMILES string of the molecule is CCOC(=O)C=Cc1cc(-c2cc3nccnc3[nH]2)ccc1N(C)C. The van der Waals surface area contributed by atoms with Crippen LogP contribution in [0.25, 0.3) is 28.5 Å². The van der Waals surface area contributed by atoms with Gasteiger partial charge in [0, 0.05) is 43.9 Å². The van der Waals surface area contributed by atoms with Gasteiger partial charge >= 0.3 is 5.97 Å². The predicted octanol–water partition coefficient (Wildman–Crippen LogP) is 3.27. The van der Waals surface area contributed by atoms with Crippen LogP contribution in [-0.4, -0.2) is 41.6 Å². The van der Waals surface area contributed by atoms with Crippen molar-refractivity contribution >= 4 is 28.9 Å². The highest BCUT2D eigenvalue weighted by Gasteiger charge is 2.09. The van der Waals surface area contributed by atoms with Crippen molar-refractivity contribution in [3.63, 3.8) is 0 Å². The van der Waals surface area contributed by atoms with Crippen LogP contribution in [0.1, 0.15) is 12.5 Å². The molecule has 0 aliphatic carbocycles. The van der Waals surface area contributed by atoms with E-state index >= 15 is 0 Å². The zero-order valence-electron chi connectivity index (χ0n) is 14.5. The minimum absolute atomic E-state index is 0.350. The first-order chi connectivity index (χ1) is 12.1. The first-order valence-corrected chi connectivity index (χ1v) is 8.05. The summed E-state index contributed by atoms with van der Waals surface area (Å²) in [6.45, 7) is 2.15. The first kappa shape index (κ1) is 16.7. The van der Waals surface area contributed by atoms with Gasteiger partial charge in [-0.15, -0.1) is 0 Å². The molecule has 0 fully saturated rings. The zero-order chi connectivity index (χ0) is 17.8. The third-order valence-corrected chi connectivity index (χ3v) is 3.77. The Labute approximate surface area is 146 Å². The molecule has 1 aromatic carbocycles. The minimum Gasteiger partial charge on any atom is -0.463 e. The molecule has 0 saturated heterocycles. The van der Waals surface area contributed by atoms with Gasteiger partial charge in [-0.2, -0.15) is 0 Å². The Kier molecular flexibility index (Phi) is 4.79. The van der Waals surface area contributed by atoms with Crippen LogP contribution in [0.15, 0.2) is 42.7 Å². The lowest BCUT2D eigenvalue weighted by Gasteiger charge is -2.16. The highest BCUT2D eigenvalue weighted by Crippen LogP contribution is 2.28. The van der Waals surface area contributed by atoms with E-state index in [4.69, 9.17) is 4.74 Å². The molecule has 2 heterocycles. The Balaban J connectivity index is 2.01. The first-order valence-electron chi connectivity index (χ1n) is 8.05. The summed E-state index contributed by atoms with van der Waals surface area (Å²) in [5.74, 6) is -0.350. The molecule has 0 saturated carbocycles. The van der Waals surface area contributed by atoms with E-state index in [0.717, 1.165) is 33.7 Å². The lowest BCUT2D eigenvalue weighted by atomic mass is 10.0. The average Bonchev–Trinajstić information content (AvgIpc) is 3.04. The Bertz CT molecular complexity index is 895. The van der Waals surface area contributed by atoms with Gasteiger partial charge in [0.15, 0.2) is 5.65 Å². The molecule has 0 aliphatic rings.